The Morgan fingerprint density at radius 1 is 1.17 bits per heavy atom. The summed E-state index contributed by atoms with van der Waals surface area (Å²) in [4.78, 5) is 28.8. The summed E-state index contributed by atoms with van der Waals surface area (Å²) in [5.74, 6) is 0.305. The topological polar surface area (TPSA) is 52.0 Å². The second kappa shape index (κ2) is 7.20. The molecule has 6 heteroatoms. The average molecular weight is 359 g/mol. The summed E-state index contributed by atoms with van der Waals surface area (Å²) in [6.45, 7) is 1.83. The highest BCUT2D eigenvalue weighted by molar-refractivity contribution is 7.99. The van der Waals surface area contributed by atoms with Crippen molar-refractivity contribution in [1.29, 1.82) is 0 Å². The first-order valence-corrected chi connectivity index (χ1v) is 8.78. The molecule has 24 heavy (non-hydrogen) atoms. The number of benzene rings is 2. The Morgan fingerprint density at radius 2 is 1.88 bits per heavy atom. The quantitative estimate of drug-likeness (QED) is 0.514. The van der Waals surface area contributed by atoms with E-state index in [1.807, 2.05) is 30.3 Å². The molecule has 0 spiro atoms. The van der Waals surface area contributed by atoms with E-state index in [0.29, 0.717) is 27.6 Å². The Morgan fingerprint density at radius 3 is 2.62 bits per heavy atom. The third-order valence-corrected chi connectivity index (χ3v) is 5.01. The third-order valence-electron chi connectivity index (χ3n) is 3.52. The van der Waals surface area contributed by atoms with Crippen molar-refractivity contribution in [1.82, 2.24) is 9.55 Å². The summed E-state index contributed by atoms with van der Waals surface area (Å²) < 4.78 is 1.58. The molecule has 0 aliphatic carbocycles. The van der Waals surface area contributed by atoms with Crippen LogP contribution in [0.5, 0.6) is 0 Å². The van der Waals surface area contributed by atoms with Gasteiger partial charge in [0.25, 0.3) is 5.56 Å². The summed E-state index contributed by atoms with van der Waals surface area (Å²) in [5.41, 5.74) is 1.33. The molecular formula is C18H15ClN2O2S. The zero-order chi connectivity index (χ0) is 17.1. The SMILES string of the molecule is CC(=O)CSc1nc2ccccc2c(=O)n1Cc1ccccc1Cl. The predicted molar refractivity (Wildman–Crippen MR) is 98.0 cm³/mol. The highest BCUT2D eigenvalue weighted by atomic mass is 35.5. The van der Waals surface area contributed by atoms with Gasteiger partial charge in [0.15, 0.2) is 5.16 Å². The van der Waals surface area contributed by atoms with Crippen LogP contribution >= 0.6 is 23.4 Å². The van der Waals surface area contributed by atoms with E-state index >= 15 is 0 Å². The second-order valence-corrected chi connectivity index (χ2v) is 6.73. The Labute approximate surface area is 148 Å². The van der Waals surface area contributed by atoms with Gasteiger partial charge in [-0.1, -0.05) is 53.7 Å². The number of aromatic nitrogens is 2. The third kappa shape index (κ3) is 3.52. The number of carbonyl (C=O) groups is 1. The van der Waals surface area contributed by atoms with E-state index in [2.05, 4.69) is 4.98 Å². The number of hydrogen-bond donors (Lipinski definition) is 0. The van der Waals surface area contributed by atoms with Gasteiger partial charge in [0.1, 0.15) is 5.78 Å². The molecule has 0 aliphatic rings. The zero-order valence-electron chi connectivity index (χ0n) is 13.0. The Kier molecular flexibility index (Phi) is 5.02. The molecule has 0 radical (unpaired) electrons. The van der Waals surface area contributed by atoms with Crippen LogP contribution in [-0.4, -0.2) is 21.1 Å². The maximum atomic E-state index is 12.9. The van der Waals surface area contributed by atoms with Gasteiger partial charge in [-0.25, -0.2) is 4.98 Å². The molecule has 3 aromatic rings. The predicted octanol–water partition coefficient (Wildman–Crippen LogP) is 3.78. The normalized spacial score (nSPS) is 10.9. The molecule has 0 aliphatic heterocycles. The molecule has 1 aromatic heterocycles. The lowest BCUT2D eigenvalue weighted by Crippen LogP contribution is -2.24. The lowest BCUT2D eigenvalue weighted by molar-refractivity contribution is -0.114. The number of ketones is 1. The van der Waals surface area contributed by atoms with Crippen molar-refractivity contribution in [3.8, 4) is 0 Å². The molecule has 0 atom stereocenters. The first-order chi connectivity index (χ1) is 11.6. The highest BCUT2D eigenvalue weighted by Gasteiger charge is 2.13. The van der Waals surface area contributed by atoms with Crippen LogP contribution in [0.3, 0.4) is 0 Å². The highest BCUT2D eigenvalue weighted by Crippen LogP contribution is 2.21. The van der Waals surface area contributed by atoms with E-state index < -0.39 is 0 Å². The Hall–Kier alpha value is -2.11. The van der Waals surface area contributed by atoms with E-state index in [-0.39, 0.29) is 17.1 Å². The van der Waals surface area contributed by atoms with E-state index in [1.54, 1.807) is 22.8 Å². The minimum atomic E-state index is -0.133. The number of carbonyl (C=O) groups excluding carboxylic acids is 1. The molecule has 4 nitrogen and oxygen atoms in total. The fraction of sp³-hybridized carbons (Fsp3) is 0.167. The number of halogens is 1. The molecule has 0 saturated heterocycles. The molecule has 0 fully saturated rings. The van der Waals surface area contributed by atoms with Gasteiger partial charge >= 0.3 is 0 Å². The minimum absolute atomic E-state index is 0.0340. The lowest BCUT2D eigenvalue weighted by Gasteiger charge is -2.13. The average Bonchev–Trinajstić information content (AvgIpc) is 2.57. The number of nitrogens with zero attached hydrogens (tertiary/aromatic N) is 2. The smallest absolute Gasteiger partial charge is 0.262 e. The van der Waals surface area contributed by atoms with Gasteiger partial charge in [0.05, 0.1) is 23.2 Å². The molecular weight excluding hydrogens is 344 g/mol. The fourth-order valence-corrected chi connectivity index (χ4v) is 3.35. The van der Waals surface area contributed by atoms with Crippen LogP contribution in [0.4, 0.5) is 0 Å². The standard InChI is InChI=1S/C18H15ClN2O2S/c1-12(22)11-24-18-20-16-9-5-3-7-14(16)17(23)21(18)10-13-6-2-4-8-15(13)19/h2-9H,10-11H2,1H3. The minimum Gasteiger partial charge on any atom is -0.299 e. The van der Waals surface area contributed by atoms with E-state index in [9.17, 15) is 9.59 Å². The summed E-state index contributed by atoms with van der Waals surface area (Å²) in [5, 5.41) is 1.67. The van der Waals surface area contributed by atoms with Gasteiger partial charge in [0.2, 0.25) is 0 Å². The second-order valence-electron chi connectivity index (χ2n) is 5.38. The van der Waals surface area contributed by atoms with E-state index in [0.717, 1.165) is 5.56 Å². The lowest BCUT2D eigenvalue weighted by atomic mass is 10.2. The van der Waals surface area contributed by atoms with Crippen molar-refractivity contribution >= 4 is 40.0 Å². The van der Waals surface area contributed by atoms with Crippen LogP contribution in [0.1, 0.15) is 12.5 Å². The summed E-state index contributed by atoms with van der Waals surface area (Å²) in [6, 6.07) is 14.6. The summed E-state index contributed by atoms with van der Waals surface area (Å²) in [6.07, 6.45) is 0. The molecule has 2 aromatic carbocycles. The number of Topliss-reactive ketones (excluding diaryl/α,β-unsaturated/α-hetero) is 1. The largest absolute Gasteiger partial charge is 0.299 e. The molecule has 1 heterocycles. The Balaban J connectivity index is 2.14. The van der Waals surface area contributed by atoms with Crippen LogP contribution in [0, 0.1) is 0 Å². The van der Waals surface area contributed by atoms with Crippen molar-refractivity contribution < 1.29 is 4.79 Å². The van der Waals surface area contributed by atoms with Crippen molar-refractivity contribution in [3.05, 3.63) is 69.5 Å². The van der Waals surface area contributed by atoms with Crippen molar-refractivity contribution in [2.45, 2.75) is 18.6 Å². The van der Waals surface area contributed by atoms with Crippen LogP contribution in [0.25, 0.3) is 10.9 Å². The number of fused-ring (bicyclic) bond motifs is 1. The van der Waals surface area contributed by atoms with Gasteiger partial charge in [0, 0.05) is 5.02 Å². The Bertz CT molecular complexity index is 969. The molecule has 0 bridgehead atoms. The molecule has 0 N–H and O–H groups in total. The monoisotopic (exact) mass is 358 g/mol. The first-order valence-electron chi connectivity index (χ1n) is 7.41. The van der Waals surface area contributed by atoms with Crippen LogP contribution in [0.2, 0.25) is 5.02 Å². The zero-order valence-corrected chi connectivity index (χ0v) is 14.6. The van der Waals surface area contributed by atoms with Gasteiger partial charge < -0.3 is 0 Å². The number of rotatable bonds is 5. The fourth-order valence-electron chi connectivity index (χ4n) is 2.36. The molecule has 0 amide bonds. The number of hydrogen-bond acceptors (Lipinski definition) is 4. The van der Waals surface area contributed by atoms with Gasteiger partial charge in [-0.3, -0.25) is 14.2 Å². The van der Waals surface area contributed by atoms with E-state index in [4.69, 9.17) is 11.6 Å². The van der Waals surface area contributed by atoms with Crippen LogP contribution < -0.4 is 5.56 Å². The maximum absolute atomic E-state index is 12.9. The van der Waals surface area contributed by atoms with Crippen molar-refractivity contribution in [2.75, 3.05) is 5.75 Å². The van der Waals surface area contributed by atoms with Crippen molar-refractivity contribution in [2.24, 2.45) is 0 Å². The molecule has 3 rings (SSSR count). The van der Waals surface area contributed by atoms with Gasteiger partial charge in [-0.2, -0.15) is 0 Å². The summed E-state index contributed by atoms with van der Waals surface area (Å²) in [7, 11) is 0. The van der Waals surface area contributed by atoms with Crippen LogP contribution in [-0.2, 0) is 11.3 Å². The number of para-hydroxylation sites is 1. The molecule has 0 unspecified atom stereocenters. The maximum Gasteiger partial charge on any atom is 0.262 e. The van der Waals surface area contributed by atoms with Gasteiger partial charge in [-0.15, -0.1) is 0 Å². The first kappa shape index (κ1) is 16.7. The van der Waals surface area contributed by atoms with Gasteiger partial charge in [-0.05, 0) is 30.7 Å². The van der Waals surface area contributed by atoms with Crippen molar-refractivity contribution in [3.63, 3.8) is 0 Å². The molecule has 0 saturated carbocycles. The van der Waals surface area contributed by atoms with Crippen LogP contribution in [0.15, 0.2) is 58.5 Å². The van der Waals surface area contributed by atoms with E-state index in [1.165, 1.54) is 18.7 Å². The number of thioether (sulfide) groups is 1. The summed E-state index contributed by atoms with van der Waals surface area (Å²) >= 11 is 7.50. The molecule has 122 valence electrons.